The van der Waals surface area contributed by atoms with Gasteiger partial charge in [0.1, 0.15) is 12.1 Å². The number of nitrogens with one attached hydrogen (secondary N) is 1. The number of terminal acetylenes is 1. The van der Waals surface area contributed by atoms with E-state index in [1.807, 2.05) is 19.9 Å². The van der Waals surface area contributed by atoms with Crippen LogP contribution < -0.4 is 5.32 Å². The van der Waals surface area contributed by atoms with E-state index in [1.54, 1.807) is 13.8 Å². The maximum Gasteiger partial charge on any atom is 0.325 e. The van der Waals surface area contributed by atoms with E-state index in [2.05, 4.69) is 27.2 Å². The van der Waals surface area contributed by atoms with Crippen LogP contribution in [-0.4, -0.2) is 66.4 Å². The van der Waals surface area contributed by atoms with E-state index in [-0.39, 0.29) is 11.9 Å². The molecule has 0 bridgehead atoms. The SMILES string of the molecule is C#CC[N+](C)(C)CCCN1C(=O)NC(C)(C)C1=O.CBr. The molecule has 1 heterocycles. The molecular formula is C14H25BrN3O2+. The van der Waals surface area contributed by atoms with Gasteiger partial charge in [-0.15, -0.1) is 6.42 Å². The average molecular weight is 347 g/mol. The Morgan fingerprint density at radius 3 is 2.30 bits per heavy atom. The molecule has 3 amide bonds. The second-order valence-electron chi connectivity index (χ2n) is 5.89. The van der Waals surface area contributed by atoms with Crippen molar-refractivity contribution in [3.8, 4) is 12.3 Å². The number of nitrogens with zero attached hydrogens (tertiary/aromatic N) is 2. The normalized spacial score (nSPS) is 17.1. The fraction of sp³-hybridized carbons (Fsp3) is 0.714. The van der Waals surface area contributed by atoms with Crippen LogP contribution in [0.25, 0.3) is 0 Å². The molecule has 0 aromatic rings. The molecule has 1 rings (SSSR count). The zero-order chi connectivity index (χ0) is 16.0. The molecule has 1 aliphatic heterocycles. The van der Waals surface area contributed by atoms with E-state index in [4.69, 9.17) is 6.42 Å². The van der Waals surface area contributed by atoms with Gasteiger partial charge < -0.3 is 9.80 Å². The van der Waals surface area contributed by atoms with Crippen LogP contribution in [0, 0.1) is 12.3 Å². The lowest BCUT2D eigenvalue weighted by molar-refractivity contribution is -0.883. The molecule has 0 spiro atoms. The first kappa shape index (κ1) is 18.9. The first-order valence-electron chi connectivity index (χ1n) is 6.47. The van der Waals surface area contributed by atoms with E-state index >= 15 is 0 Å². The fourth-order valence-corrected chi connectivity index (χ4v) is 2.00. The number of quaternary nitrogens is 1. The van der Waals surface area contributed by atoms with Crippen molar-refractivity contribution >= 4 is 27.9 Å². The highest BCUT2D eigenvalue weighted by Crippen LogP contribution is 2.16. The molecule has 0 aromatic heterocycles. The van der Waals surface area contributed by atoms with Crippen molar-refractivity contribution in [2.45, 2.75) is 25.8 Å². The second kappa shape index (κ2) is 7.65. The summed E-state index contributed by atoms with van der Waals surface area (Å²) in [5.41, 5.74) is -0.778. The number of amides is 3. The van der Waals surface area contributed by atoms with E-state index in [0.717, 1.165) is 13.0 Å². The monoisotopic (exact) mass is 346 g/mol. The number of rotatable bonds is 5. The Kier molecular flexibility index (Phi) is 7.25. The molecule has 20 heavy (non-hydrogen) atoms. The number of hydrogen-bond acceptors (Lipinski definition) is 2. The summed E-state index contributed by atoms with van der Waals surface area (Å²) in [4.78, 5) is 24.8. The summed E-state index contributed by atoms with van der Waals surface area (Å²) in [5.74, 6) is 4.28. The van der Waals surface area contributed by atoms with Crippen LogP contribution in [0.5, 0.6) is 0 Å². The number of urea groups is 1. The Morgan fingerprint density at radius 2 is 1.90 bits per heavy atom. The molecule has 1 aliphatic rings. The standard InChI is InChI=1S/C13H21N3O2.CH3Br/c1-6-9-16(4,5)10-7-8-15-11(17)13(2,3)14-12(15)18;1-2/h1H,7-10H2,2-5H3;1H3/p+1. The smallest absolute Gasteiger partial charge is 0.324 e. The van der Waals surface area contributed by atoms with Gasteiger partial charge in [0, 0.05) is 13.0 Å². The van der Waals surface area contributed by atoms with Gasteiger partial charge in [0.25, 0.3) is 5.91 Å². The third kappa shape index (κ3) is 5.14. The zero-order valence-electron chi connectivity index (χ0n) is 13.0. The van der Waals surface area contributed by atoms with E-state index < -0.39 is 5.54 Å². The van der Waals surface area contributed by atoms with Crippen molar-refractivity contribution < 1.29 is 14.1 Å². The van der Waals surface area contributed by atoms with Crippen molar-refractivity contribution in [2.75, 3.05) is 39.6 Å². The second-order valence-corrected chi connectivity index (χ2v) is 5.89. The highest BCUT2D eigenvalue weighted by atomic mass is 79.9. The lowest BCUT2D eigenvalue weighted by Gasteiger charge is -2.28. The third-order valence-electron chi connectivity index (χ3n) is 3.11. The van der Waals surface area contributed by atoms with Gasteiger partial charge in [-0.2, -0.15) is 0 Å². The van der Waals surface area contributed by atoms with E-state index in [1.165, 1.54) is 4.90 Å². The molecule has 0 atom stereocenters. The predicted octanol–water partition coefficient (Wildman–Crippen LogP) is 1.43. The molecule has 1 fully saturated rings. The summed E-state index contributed by atoms with van der Waals surface area (Å²) < 4.78 is 0.698. The van der Waals surface area contributed by atoms with Gasteiger partial charge in [-0.25, -0.2) is 4.79 Å². The molecule has 1 N–H and O–H groups in total. The molecule has 5 nitrogen and oxygen atoms in total. The van der Waals surface area contributed by atoms with Gasteiger partial charge in [-0.05, 0) is 25.6 Å². The number of carbonyl (C=O) groups excluding carboxylic acids is 2. The first-order chi connectivity index (χ1) is 9.19. The molecule has 0 aliphatic carbocycles. The first-order valence-corrected chi connectivity index (χ1v) is 8.05. The Balaban J connectivity index is 0.00000172. The molecular weight excluding hydrogens is 322 g/mol. The topological polar surface area (TPSA) is 49.4 Å². The van der Waals surface area contributed by atoms with Crippen molar-refractivity contribution in [1.29, 1.82) is 0 Å². The highest BCUT2D eigenvalue weighted by molar-refractivity contribution is 9.08. The summed E-state index contributed by atoms with van der Waals surface area (Å²) >= 11 is 2.94. The van der Waals surface area contributed by atoms with Crippen molar-refractivity contribution in [2.24, 2.45) is 0 Å². The fourth-order valence-electron chi connectivity index (χ4n) is 2.00. The minimum atomic E-state index is -0.778. The van der Waals surface area contributed by atoms with Crippen LogP contribution in [0.15, 0.2) is 0 Å². The summed E-state index contributed by atoms with van der Waals surface area (Å²) in [5, 5.41) is 2.67. The highest BCUT2D eigenvalue weighted by Gasteiger charge is 2.43. The molecule has 0 saturated carbocycles. The Bertz CT molecular complexity index is 400. The van der Waals surface area contributed by atoms with Crippen LogP contribution in [0.4, 0.5) is 4.79 Å². The molecule has 0 aromatic carbocycles. The maximum atomic E-state index is 11.9. The third-order valence-corrected chi connectivity index (χ3v) is 3.11. The van der Waals surface area contributed by atoms with Crippen LogP contribution in [0.3, 0.4) is 0 Å². The number of imide groups is 1. The summed E-state index contributed by atoms with van der Waals surface area (Å²) in [6, 6.07) is -0.299. The molecule has 0 radical (unpaired) electrons. The Morgan fingerprint density at radius 1 is 1.35 bits per heavy atom. The molecule has 6 heteroatoms. The van der Waals surface area contributed by atoms with Crippen LogP contribution in [0.2, 0.25) is 0 Å². The molecule has 0 unspecified atom stereocenters. The number of hydrogen-bond donors (Lipinski definition) is 1. The van der Waals surface area contributed by atoms with Crippen LogP contribution >= 0.6 is 15.9 Å². The Hall–Kier alpha value is -1.06. The van der Waals surface area contributed by atoms with Crippen molar-refractivity contribution in [1.82, 2.24) is 10.2 Å². The van der Waals surface area contributed by atoms with Gasteiger partial charge in [0.15, 0.2) is 0 Å². The van der Waals surface area contributed by atoms with Crippen molar-refractivity contribution in [3.63, 3.8) is 0 Å². The number of halogens is 1. The van der Waals surface area contributed by atoms with Gasteiger partial charge in [-0.3, -0.25) is 9.69 Å². The predicted molar refractivity (Wildman–Crippen MR) is 84.5 cm³/mol. The average Bonchev–Trinajstić information content (AvgIpc) is 2.53. The minimum Gasteiger partial charge on any atom is -0.324 e. The van der Waals surface area contributed by atoms with Crippen LogP contribution in [0.1, 0.15) is 20.3 Å². The maximum absolute atomic E-state index is 11.9. The van der Waals surface area contributed by atoms with E-state index in [9.17, 15) is 9.59 Å². The van der Waals surface area contributed by atoms with Crippen molar-refractivity contribution in [3.05, 3.63) is 0 Å². The summed E-state index contributed by atoms with van der Waals surface area (Å²) in [6.07, 6.45) is 6.05. The van der Waals surface area contributed by atoms with Gasteiger partial charge in [0.05, 0.1) is 20.6 Å². The van der Waals surface area contributed by atoms with Gasteiger partial charge in [0.2, 0.25) is 0 Å². The minimum absolute atomic E-state index is 0.158. The van der Waals surface area contributed by atoms with Crippen LogP contribution in [-0.2, 0) is 4.79 Å². The van der Waals surface area contributed by atoms with Gasteiger partial charge in [-0.1, -0.05) is 15.9 Å². The Labute approximate surface area is 130 Å². The molecule has 114 valence electrons. The largest absolute Gasteiger partial charge is 0.325 e. The number of alkyl halides is 1. The van der Waals surface area contributed by atoms with Gasteiger partial charge >= 0.3 is 6.03 Å². The van der Waals surface area contributed by atoms with E-state index in [0.29, 0.717) is 17.6 Å². The summed E-state index contributed by atoms with van der Waals surface area (Å²) in [6.45, 7) is 5.35. The quantitative estimate of drug-likeness (QED) is 0.354. The number of carbonyl (C=O) groups is 2. The summed E-state index contributed by atoms with van der Waals surface area (Å²) in [7, 11) is 4.07. The lowest BCUT2D eigenvalue weighted by Crippen LogP contribution is -2.43. The lowest BCUT2D eigenvalue weighted by atomic mass is 10.1. The zero-order valence-corrected chi connectivity index (χ0v) is 14.6. The molecule has 1 saturated heterocycles.